The van der Waals surface area contributed by atoms with Gasteiger partial charge in [-0.3, -0.25) is 15.0 Å². The molecule has 4 amide bonds. The molecule has 29 heavy (non-hydrogen) atoms. The molecule has 0 aromatic heterocycles. The zero-order valence-electron chi connectivity index (χ0n) is 15.8. The lowest BCUT2D eigenvalue weighted by Gasteiger charge is -2.22. The van der Waals surface area contributed by atoms with E-state index in [4.69, 9.17) is 0 Å². The number of carbonyl (C=O) groups excluding carboxylic acids is 3. The van der Waals surface area contributed by atoms with Crippen molar-refractivity contribution >= 4 is 17.8 Å². The molecule has 3 aromatic carbocycles. The minimum absolute atomic E-state index is 0.346. The van der Waals surface area contributed by atoms with Gasteiger partial charge < -0.3 is 5.32 Å². The monoisotopic (exact) mass is 385 g/mol. The molecule has 1 heterocycles. The van der Waals surface area contributed by atoms with Gasteiger partial charge in [-0.15, -0.1) is 0 Å². The highest BCUT2D eigenvalue weighted by molar-refractivity contribution is 6.09. The van der Waals surface area contributed by atoms with Gasteiger partial charge in [0.1, 0.15) is 5.54 Å². The molecule has 0 radical (unpaired) electrons. The summed E-state index contributed by atoms with van der Waals surface area (Å²) in [7, 11) is 0. The summed E-state index contributed by atoms with van der Waals surface area (Å²) in [5.41, 5.74) is 4.17. The summed E-state index contributed by atoms with van der Waals surface area (Å²) in [6, 6.07) is 25.0. The van der Waals surface area contributed by atoms with Crippen LogP contribution in [0.2, 0.25) is 0 Å². The van der Waals surface area contributed by atoms with Gasteiger partial charge in [0.15, 0.2) is 0 Å². The van der Waals surface area contributed by atoms with Gasteiger partial charge >= 0.3 is 6.03 Å². The Hall–Kier alpha value is -3.93. The van der Waals surface area contributed by atoms with Crippen molar-refractivity contribution in [1.82, 2.24) is 15.8 Å². The van der Waals surface area contributed by atoms with Gasteiger partial charge in [0.05, 0.1) is 0 Å². The number of hydrogen-bond acceptors (Lipinski definition) is 3. The quantitative estimate of drug-likeness (QED) is 0.675. The number of rotatable bonds is 4. The minimum Gasteiger partial charge on any atom is -0.318 e. The smallest absolute Gasteiger partial charge is 0.318 e. The molecule has 1 aliphatic rings. The van der Waals surface area contributed by atoms with Crippen LogP contribution in [0, 0.1) is 0 Å². The van der Waals surface area contributed by atoms with E-state index in [-0.39, 0.29) is 0 Å². The van der Waals surface area contributed by atoms with Crippen molar-refractivity contribution in [1.29, 1.82) is 0 Å². The molecule has 1 fully saturated rings. The maximum atomic E-state index is 12.9. The molecule has 0 saturated carbocycles. The molecule has 0 aliphatic carbocycles. The summed E-state index contributed by atoms with van der Waals surface area (Å²) in [5.74, 6) is -1.08. The Kier molecular flexibility index (Phi) is 4.60. The Labute approximate surface area is 168 Å². The molecular formula is C23H19N3O3. The van der Waals surface area contributed by atoms with Crippen LogP contribution < -0.4 is 10.7 Å². The van der Waals surface area contributed by atoms with Crippen molar-refractivity contribution in [3.8, 4) is 11.1 Å². The molecule has 1 saturated heterocycles. The lowest BCUT2D eigenvalue weighted by atomic mass is 9.92. The predicted molar refractivity (Wildman–Crippen MR) is 109 cm³/mol. The SMILES string of the molecule is CC1(c2ccccc2)NC(=O)N(NC(=O)c2ccc(-c3ccccc3)cc2)C1=O. The van der Waals surface area contributed by atoms with Gasteiger partial charge in [-0.1, -0.05) is 72.8 Å². The van der Waals surface area contributed by atoms with Crippen molar-refractivity contribution in [2.75, 3.05) is 0 Å². The van der Waals surface area contributed by atoms with Gasteiger partial charge in [-0.25, -0.2) is 4.79 Å². The van der Waals surface area contributed by atoms with E-state index in [1.165, 1.54) is 0 Å². The van der Waals surface area contributed by atoms with E-state index in [9.17, 15) is 14.4 Å². The third-order valence-corrected chi connectivity index (χ3v) is 5.01. The molecule has 0 spiro atoms. The number of hydrogen-bond donors (Lipinski definition) is 2. The van der Waals surface area contributed by atoms with Crippen molar-refractivity contribution in [3.63, 3.8) is 0 Å². The fourth-order valence-electron chi connectivity index (χ4n) is 3.32. The number of nitrogens with one attached hydrogen (secondary N) is 2. The summed E-state index contributed by atoms with van der Waals surface area (Å²) < 4.78 is 0. The third-order valence-electron chi connectivity index (χ3n) is 5.01. The van der Waals surface area contributed by atoms with Gasteiger partial charge in [-0.05, 0) is 35.7 Å². The van der Waals surface area contributed by atoms with Crippen LogP contribution in [0.15, 0.2) is 84.9 Å². The zero-order valence-corrected chi connectivity index (χ0v) is 15.8. The van der Waals surface area contributed by atoms with Gasteiger partial charge in [0, 0.05) is 5.56 Å². The first-order valence-electron chi connectivity index (χ1n) is 9.18. The molecule has 6 nitrogen and oxygen atoms in total. The van der Waals surface area contributed by atoms with E-state index < -0.39 is 23.4 Å². The Balaban J connectivity index is 1.51. The molecule has 6 heteroatoms. The van der Waals surface area contributed by atoms with E-state index in [1.54, 1.807) is 43.3 Å². The topological polar surface area (TPSA) is 78.5 Å². The minimum atomic E-state index is -1.23. The van der Waals surface area contributed by atoms with E-state index in [1.807, 2.05) is 48.5 Å². The number of imide groups is 1. The highest BCUT2D eigenvalue weighted by Crippen LogP contribution is 2.27. The first-order valence-corrected chi connectivity index (χ1v) is 9.18. The summed E-state index contributed by atoms with van der Waals surface area (Å²) in [5, 5.41) is 3.39. The van der Waals surface area contributed by atoms with Crippen LogP contribution >= 0.6 is 0 Å². The second-order valence-electron chi connectivity index (χ2n) is 6.95. The summed E-state index contributed by atoms with van der Waals surface area (Å²) in [6.45, 7) is 1.61. The van der Waals surface area contributed by atoms with Crippen LogP contribution in [0.4, 0.5) is 4.79 Å². The summed E-state index contributed by atoms with van der Waals surface area (Å²) >= 11 is 0. The van der Waals surface area contributed by atoms with E-state index >= 15 is 0 Å². The van der Waals surface area contributed by atoms with Crippen LogP contribution in [-0.2, 0) is 10.3 Å². The number of benzene rings is 3. The molecular weight excluding hydrogens is 366 g/mol. The molecule has 0 bridgehead atoms. The largest absolute Gasteiger partial charge is 0.344 e. The van der Waals surface area contributed by atoms with Crippen LogP contribution in [-0.4, -0.2) is 22.9 Å². The van der Waals surface area contributed by atoms with E-state index in [2.05, 4.69) is 10.7 Å². The van der Waals surface area contributed by atoms with Crippen molar-refractivity contribution in [2.45, 2.75) is 12.5 Å². The van der Waals surface area contributed by atoms with Crippen molar-refractivity contribution < 1.29 is 14.4 Å². The average molecular weight is 385 g/mol. The molecule has 1 unspecified atom stereocenters. The Morgan fingerprint density at radius 1 is 0.828 bits per heavy atom. The maximum Gasteiger partial charge on any atom is 0.344 e. The summed E-state index contributed by atoms with van der Waals surface area (Å²) in [6.07, 6.45) is 0. The highest BCUT2D eigenvalue weighted by atomic mass is 16.2. The molecule has 3 aromatic rings. The fourth-order valence-corrected chi connectivity index (χ4v) is 3.32. The zero-order chi connectivity index (χ0) is 20.4. The van der Waals surface area contributed by atoms with Gasteiger partial charge in [-0.2, -0.15) is 5.01 Å². The second kappa shape index (κ2) is 7.24. The Morgan fingerprint density at radius 2 is 1.38 bits per heavy atom. The second-order valence-corrected chi connectivity index (χ2v) is 6.95. The van der Waals surface area contributed by atoms with Crippen LogP contribution in [0.3, 0.4) is 0 Å². The average Bonchev–Trinajstić information content (AvgIpc) is 2.99. The lowest BCUT2D eigenvalue weighted by molar-refractivity contribution is -0.132. The van der Waals surface area contributed by atoms with E-state index in [0.717, 1.165) is 16.1 Å². The lowest BCUT2D eigenvalue weighted by Crippen LogP contribution is -2.47. The Morgan fingerprint density at radius 3 is 2.00 bits per heavy atom. The number of urea groups is 1. The molecule has 144 valence electrons. The van der Waals surface area contributed by atoms with Crippen LogP contribution in [0.25, 0.3) is 11.1 Å². The van der Waals surface area contributed by atoms with Crippen LogP contribution in [0.5, 0.6) is 0 Å². The molecule has 2 N–H and O–H groups in total. The molecule has 1 aliphatic heterocycles. The number of nitrogens with zero attached hydrogens (tertiary/aromatic N) is 1. The predicted octanol–water partition coefficient (Wildman–Crippen LogP) is 3.47. The van der Waals surface area contributed by atoms with Crippen LogP contribution in [0.1, 0.15) is 22.8 Å². The number of amides is 4. The summed E-state index contributed by atoms with van der Waals surface area (Å²) in [4.78, 5) is 37.8. The van der Waals surface area contributed by atoms with Gasteiger partial charge in [0.2, 0.25) is 0 Å². The normalized spacial score (nSPS) is 18.4. The third kappa shape index (κ3) is 3.36. The van der Waals surface area contributed by atoms with Gasteiger partial charge in [0.25, 0.3) is 11.8 Å². The van der Waals surface area contributed by atoms with Crippen molar-refractivity contribution in [2.24, 2.45) is 0 Å². The number of carbonyl (C=O) groups is 3. The standard InChI is InChI=1S/C23H19N3O3/c1-23(19-10-6-3-7-11-19)21(28)26(22(29)24-23)25-20(27)18-14-12-17(13-15-18)16-8-4-2-5-9-16/h2-15H,1H3,(H,24,29)(H,25,27). The molecule has 1 atom stereocenters. The first-order chi connectivity index (χ1) is 14.0. The van der Waals surface area contributed by atoms with E-state index in [0.29, 0.717) is 11.1 Å². The molecule has 4 rings (SSSR count). The fraction of sp³-hybridized carbons (Fsp3) is 0.0870. The number of hydrazine groups is 1. The first kappa shape index (κ1) is 18.4. The van der Waals surface area contributed by atoms with Crippen molar-refractivity contribution in [3.05, 3.63) is 96.1 Å². The maximum absolute atomic E-state index is 12.9. The Bertz CT molecular complexity index is 1070. The highest BCUT2D eigenvalue weighted by Gasteiger charge is 2.50.